The summed E-state index contributed by atoms with van der Waals surface area (Å²) in [6.07, 6.45) is 0.957. The first-order chi connectivity index (χ1) is 13.1. The van der Waals surface area contributed by atoms with Crippen molar-refractivity contribution in [2.75, 3.05) is 6.54 Å². The van der Waals surface area contributed by atoms with Crippen molar-refractivity contribution in [2.24, 2.45) is 0 Å². The molecule has 1 N–H and O–H groups in total. The maximum atomic E-state index is 6.19. The second kappa shape index (κ2) is 10.0. The van der Waals surface area contributed by atoms with E-state index in [0.29, 0.717) is 16.7 Å². The molecule has 0 aliphatic carbocycles. The topological polar surface area (TPSA) is 21.3 Å². The van der Waals surface area contributed by atoms with Gasteiger partial charge in [0.05, 0.1) is 0 Å². The van der Waals surface area contributed by atoms with Crippen LogP contribution in [0.3, 0.4) is 0 Å². The van der Waals surface area contributed by atoms with Crippen LogP contribution in [0.1, 0.15) is 16.7 Å². The number of nitrogens with one attached hydrogen (secondary N) is 1. The van der Waals surface area contributed by atoms with Crippen molar-refractivity contribution in [3.05, 3.63) is 98.5 Å². The quantitative estimate of drug-likeness (QED) is 0.417. The van der Waals surface area contributed by atoms with Crippen LogP contribution in [0.2, 0.25) is 15.1 Å². The molecule has 3 aromatic carbocycles. The number of rotatable bonds is 8. The molecule has 0 aliphatic rings. The molecule has 5 heteroatoms. The van der Waals surface area contributed by atoms with Gasteiger partial charge in [-0.05, 0) is 60.5 Å². The van der Waals surface area contributed by atoms with E-state index in [-0.39, 0.29) is 0 Å². The predicted molar refractivity (Wildman–Crippen MR) is 114 cm³/mol. The lowest BCUT2D eigenvalue weighted by atomic mass is 10.1. The van der Waals surface area contributed by atoms with E-state index in [1.54, 1.807) is 0 Å². The molecule has 27 heavy (non-hydrogen) atoms. The number of ether oxygens (including phenoxy) is 1. The van der Waals surface area contributed by atoms with Gasteiger partial charge in [0.2, 0.25) is 0 Å². The third-order valence-corrected chi connectivity index (χ3v) is 5.14. The van der Waals surface area contributed by atoms with Gasteiger partial charge in [-0.2, -0.15) is 0 Å². The number of hydrogen-bond donors (Lipinski definition) is 1. The van der Waals surface area contributed by atoms with Gasteiger partial charge in [0.15, 0.2) is 0 Å². The van der Waals surface area contributed by atoms with Gasteiger partial charge in [0.25, 0.3) is 0 Å². The summed E-state index contributed by atoms with van der Waals surface area (Å²) < 4.78 is 5.87. The lowest BCUT2D eigenvalue weighted by Gasteiger charge is -2.11. The van der Waals surface area contributed by atoms with Crippen LogP contribution in [0, 0.1) is 0 Å². The second-order valence-corrected chi connectivity index (χ2v) is 7.44. The van der Waals surface area contributed by atoms with Crippen LogP contribution < -0.4 is 10.1 Å². The molecule has 0 aromatic heterocycles. The van der Waals surface area contributed by atoms with Crippen LogP contribution in [0.4, 0.5) is 0 Å². The first-order valence-corrected chi connectivity index (χ1v) is 9.85. The van der Waals surface area contributed by atoms with E-state index < -0.39 is 0 Å². The lowest BCUT2D eigenvalue weighted by molar-refractivity contribution is 0.306. The molecule has 0 saturated heterocycles. The zero-order chi connectivity index (χ0) is 19.1. The monoisotopic (exact) mass is 419 g/mol. The first-order valence-electron chi connectivity index (χ1n) is 8.71. The third-order valence-electron chi connectivity index (χ3n) is 4.18. The first kappa shape index (κ1) is 20.0. The minimum atomic E-state index is 0.339. The molecule has 3 rings (SSSR count). The normalized spacial score (nSPS) is 10.8. The van der Waals surface area contributed by atoms with Crippen LogP contribution >= 0.6 is 34.8 Å². The van der Waals surface area contributed by atoms with Gasteiger partial charge < -0.3 is 10.1 Å². The van der Waals surface area contributed by atoms with E-state index in [4.69, 9.17) is 39.5 Å². The van der Waals surface area contributed by atoms with Crippen molar-refractivity contribution in [3.8, 4) is 5.75 Å². The fourth-order valence-electron chi connectivity index (χ4n) is 2.69. The van der Waals surface area contributed by atoms with Gasteiger partial charge in [-0.3, -0.25) is 0 Å². The Bertz CT molecular complexity index is 861. The highest BCUT2D eigenvalue weighted by molar-refractivity contribution is 6.35. The van der Waals surface area contributed by atoms with Gasteiger partial charge in [-0.15, -0.1) is 0 Å². The van der Waals surface area contributed by atoms with Crippen molar-refractivity contribution in [1.82, 2.24) is 5.32 Å². The molecule has 2 nitrogen and oxygen atoms in total. The van der Waals surface area contributed by atoms with E-state index in [1.165, 1.54) is 5.56 Å². The number of halogens is 3. The van der Waals surface area contributed by atoms with Gasteiger partial charge in [0, 0.05) is 27.2 Å². The second-order valence-electron chi connectivity index (χ2n) is 6.19. The smallest absolute Gasteiger partial charge is 0.120 e. The molecular formula is C22H20Cl3NO. The molecule has 0 heterocycles. The highest BCUT2D eigenvalue weighted by atomic mass is 35.5. The van der Waals surface area contributed by atoms with E-state index in [9.17, 15) is 0 Å². The maximum Gasteiger partial charge on any atom is 0.120 e. The van der Waals surface area contributed by atoms with Crippen LogP contribution in [-0.4, -0.2) is 6.54 Å². The van der Waals surface area contributed by atoms with Gasteiger partial charge in [-0.25, -0.2) is 0 Å². The van der Waals surface area contributed by atoms with Crippen molar-refractivity contribution in [3.63, 3.8) is 0 Å². The fourth-order valence-corrected chi connectivity index (χ4v) is 3.32. The molecule has 0 atom stereocenters. The van der Waals surface area contributed by atoms with Crippen molar-refractivity contribution in [1.29, 1.82) is 0 Å². The summed E-state index contributed by atoms with van der Waals surface area (Å²) in [7, 11) is 0. The van der Waals surface area contributed by atoms with Gasteiger partial charge in [-0.1, -0.05) is 65.1 Å². The molecule has 0 aliphatic heterocycles. The maximum absolute atomic E-state index is 6.19. The Balaban J connectivity index is 1.49. The molecule has 0 amide bonds. The van der Waals surface area contributed by atoms with E-state index in [1.807, 2.05) is 48.5 Å². The Hall–Kier alpha value is -1.71. The summed E-state index contributed by atoms with van der Waals surface area (Å²) in [5.41, 5.74) is 3.22. The molecule has 0 bridgehead atoms. The zero-order valence-corrected chi connectivity index (χ0v) is 17.0. The Kier molecular flexibility index (Phi) is 7.42. The molecule has 0 fully saturated rings. The fraction of sp³-hybridized carbons (Fsp3) is 0.182. The molecule has 140 valence electrons. The number of benzene rings is 3. The Morgan fingerprint density at radius 1 is 0.778 bits per heavy atom. The van der Waals surface area contributed by atoms with Crippen LogP contribution in [0.5, 0.6) is 5.75 Å². The standard InChI is InChI=1S/C22H20Cl3NO/c23-18-9-7-16(8-10-18)11-12-26-14-17-3-1-4-19(13-17)27-15-20-21(24)5-2-6-22(20)25/h1-10,13,26H,11-12,14-15H2. The van der Waals surface area contributed by atoms with Crippen molar-refractivity contribution < 1.29 is 4.74 Å². The van der Waals surface area contributed by atoms with Crippen molar-refractivity contribution >= 4 is 34.8 Å². The minimum absolute atomic E-state index is 0.339. The van der Waals surface area contributed by atoms with Crippen LogP contribution in [0.15, 0.2) is 66.7 Å². The molecule has 0 radical (unpaired) electrons. The zero-order valence-electron chi connectivity index (χ0n) is 14.7. The average Bonchev–Trinajstić information content (AvgIpc) is 2.67. The highest BCUT2D eigenvalue weighted by Gasteiger charge is 2.06. The SMILES string of the molecule is Clc1ccc(CCNCc2cccc(OCc3c(Cl)cccc3Cl)c2)cc1. The molecule has 3 aromatic rings. The minimum Gasteiger partial charge on any atom is -0.489 e. The summed E-state index contributed by atoms with van der Waals surface area (Å²) in [5.74, 6) is 0.794. The highest BCUT2D eigenvalue weighted by Crippen LogP contribution is 2.26. The number of hydrogen-bond acceptors (Lipinski definition) is 2. The van der Waals surface area contributed by atoms with E-state index in [2.05, 4.69) is 23.5 Å². The predicted octanol–water partition coefficient (Wildman–Crippen LogP) is 6.56. The Morgan fingerprint density at radius 3 is 2.22 bits per heavy atom. The van der Waals surface area contributed by atoms with Crippen LogP contribution in [-0.2, 0) is 19.6 Å². The Morgan fingerprint density at radius 2 is 1.48 bits per heavy atom. The molecule has 0 unspecified atom stereocenters. The van der Waals surface area contributed by atoms with Crippen LogP contribution in [0.25, 0.3) is 0 Å². The Labute approximate surface area is 175 Å². The molecular weight excluding hydrogens is 401 g/mol. The van der Waals surface area contributed by atoms with E-state index in [0.717, 1.165) is 41.4 Å². The summed E-state index contributed by atoms with van der Waals surface area (Å²) in [5, 5.41) is 5.45. The van der Waals surface area contributed by atoms with Gasteiger partial charge in [0.1, 0.15) is 12.4 Å². The molecule has 0 saturated carbocycles. The summed E-state index contributed by atoms with van der Waals surface area (Å²) in [6.45, 7) is 2.01. The summed E-state index contributed by atoms with van der Waals surface area (Å²) >= 11 is 18.3. The van der Waals surface area contributed by atoms with E-state index >= 15 is 0 Å². The largest absolute Gasteiger partial charge is 0.489 e. The lowest BCUT2D eigenvalue weighted by Crippen LogP contribution is -2.16. The third kappa shape index (κ3) is 6.15. The van der Waals surface area contributed by atoms with Gasteiger partial charge >= 0.3 is 0 Å². The average molecular weight is 421 g/mol. The summed E-state index contributed by atoms with van der Waals surface area (Å²) in [4.78, 5) is 0. The van der Waals surface area contributed by atoms with Crippen molar-refractivity contribution in [2.45, 2.75) is 19.6 Å². The molecule has 0 spiro atoms. The summed E-state index contributed by atoms with van der Waals surface area (Å²) in [6, 6.07) is 21.4.